The van der Waals surface area contributed by atoms with Crippen molar-refractivity contribution in [2.75, 3.05) is 0 Å². The van der Waals surface area contributed by atoms with Crippen molar-refractivity contribution in [1.29, 1.82) is 0 Å². The minimum absolute atomic E-state index is 0. The number of halogens is 3. The van der Waals surface area contributed by atoms with Crippen molar-refractivity contribution in [3.05, 3.63) is 114 Å². The van der Waals surface area contributed by atoms with E-state index in [2.05, 4.69) is 147 Å². The second-order valence-electron chi connectivity index (χ2n) is 16.9. The largest absolute Gasteiger partial charge is 1.00 e. The van der Waals surface area contributed by atoms with Gasteiger partial charge in [0.15, 0.2) is 0 Å². The van der Waals surface area contributed by atoms with Gasteiger partial charge in [0, 0.05) is 0 Å². The van der Waals surface area contributed by atoms with E-state index in [1.54, 1.807) is 14.4 Å². The zero-order chi connectivity index (χ0) is 31.7. The molecule has 0 atom stereocenters. The van der Waals surface area contributed by atoms with Gasteiger partial charge in [0.2, 0.25) is 0 Å². The van der Waals surface area contributed by atoms with Crippen LogP contribution in [0.15, 0.2) is 70.0 Å². The summed E-state index contributed by atoms with van der Waals surface area (Å²) >= 11 is 4.04. The summed E-state index contributed by atoms with van der Waals surface area (Å²) in [7, 11) is 0. The molecule has 240 valence electrons. The molecule has 0 radical (unpaired) electrons. The second-order valence-corrected chi connectivity index (χ2v) is 23.3. The molecule has 3 aromatic rings. The molecule has 0 bridgehead atoms. The van der Waals surface area contributed by atoms with Crippen molar-refractivity contribution in [3.8, 4) is 11.1 Å². The van der Waals surface area contributed by atoms with Crippen LogP contribution in [0.1, 0.15) is 132 Å². The van der Waals surface area contributed by atoms with Crippen molar-refractivity contribution in [3.63, 3.8) is 0 Å². The molecule has 0 fully saturated rings. The second kappa shape index (κ2) is 13.3. The Kier molecular flexibility index (Phi) is 11.3. The van der Waals surface area contributed by atoms with Crippen molar-refractivity contribution >= 4 is 15.3 Å². The third-order valence-corrected chi connectivity index (χ3v) is 16.8. The number of benzene rings is 3. The van der Waals surface area contributed by atoms with Gasteiger partial charge in [0.25, 0.3) is 0 Å². The van der Waals surface area contributed by atoms with Crippen LogP contribution in [0, 0.1) is 0 Å². The summed E-state index contributed by atoms with van der Waals surface area (Å²) in [6.07, 6.45) is 8.15. The van der Waals surface area contributed by atoms with Crippen LogP contribution in [-0.4, -0.2) is 3.71 Å². The Labute approximate surface area is 299 Å². The van der Waals surface area contributed by atoms with Gasteiger partial charge in [0.05, 0.1) is 0 Å². The first-order chi connectivity index (χ1) is 19.8. The van der Waals surface area contributed by atoms with Crippen LogP contribution in [-0.2, 0) is 42.9 Å². The maximum Gasteiger partial charge on any atom is -1.00 e. The fourth-order valence-corrected chi connectivity index (χ4v) is 14.7. The van der Waals surface area contributed by atoms with E-state index in [0.717, 1.165) is 11.4 Å². The molecule has 45 heavy (non-hydrogen) atoms. The van der Waals surface area contributed by atoms with E-state index in [1.165, 1.54) is 38.9 Å². The van der Waals surface area contributed by atoms with Crippen molar-refractivity contribution in [1.82, 2.24) is 0 Å². The maximum atomic E-state index is 6.55. The SMILES string of the molecule is CC(C)(C)c1cc2c(cc1C(C)(C)C)[CH](/[Zr+2](=[CH]/c1cccc(Cl)c1)[C]1=CC=CC1)c1cc(C(C)(C)C)c(C(C)(C)C)cc1-2.[Cl-].[Cl-]. The van der Waals surface area contributed by atoms with Crippen molar-refractivity contribution < 1.29 is 46.1 Å². The number of rotatable bonds is 3. The quantitative estimate of drug-likeness (QED) is 0.313. The molecule has 3 aromatic carbocycles. The van der Waals surface area contributed by atoms with Gasteiger partial charge in [-0.25, -0.2) is 0 Å². The molecule has 0 unspecified atom stereocenters. The van der Waals surface area contributed by atoms with Crippen LogP contribution in [0.4, 0.5) is 0 Å². The van der Waals surface area contributed by atoms with Crippen molar-refractivity contribution in [2.45, 2.75) is 115 Å². The van der Waals surface area contributed by atoms with E-state index in [9.17, 15) is 0 Å². The third kappa shape index (κ3) is 7.75. The van der Waals surface area contributed by atoms with Crippen LogP contribution in [0.25, 0.3) is 11.1 Å². The van der Waals surface area contributed by atoms with Gasteiger partial charge in [-0.1, -0.05) is 0 Å². The van der Waals surface area contributed by atoms with E-state index in [1.807, 2.05) is 6.07 Å². The standard InChI is InChI=1S/C29H41.C7H5Cl.C5H5.2ClH.Zr/c1-26(2,3)22-14-18-13-19-15-23(27(4,5)6)25(29(10,11)12)17-21(19)20(18)16-24(22)28(7,8)9;1-6-3-2-4-7(8)5-6;1-2-4-5-3-1;;;/h13-17H,1-12H3;1-5H;1-3H,4H2;2*1H;/q;;;;;+2/p-2. The van der Waals surface area contributed by atoms with Gasteiger partial charge in [-0.05, 0) is 0 Å². The van der Waals surface area contributed by atoms with Gasteiger partial charge < -0.3 is 24.8 Å². The molecular formula is C41H51Cl3Zr. The third-order valence-electron chi connectivity index (χ3n) is 9.15. The zero-order valence-corrected chi connectivity index (χ0v) is 34.1. The Morgan fingerprint density at radius 1 is 0.644 bits per heavy atom. The summed E-state index contributed by atoms with van der Waals surface area (Å²) in [6.45, 7) is 28.6. The Bertz CT molecular complexity index is 1590. The molecule has 0 nitrogen and oxygen atoms in total. The first-order valence-corrected chi connectivity index (χ1v) is 20.4. The van der Waals surface area contributed by atoms with Crippen LogP contribution in [0.5, 0.6) is 0 Å². The summed E-state index contributed by atoms with van der Waals surface area (Å²) < 4.78 is 4.77. The molecule has 0 saturated heterocycles. The van der Waals surface area contributed by atoms with Gasteiger partial charge in [0.1, 0.15) is 0 Å². The topological polar surface area (TPSA) is 0 Å². The van der Waals surface area contributed by atoms with Crippen LogP contribution in [0.3, 0.4) is 0 Å². The van der Waals surface area contributed by atoms with E-state index in [0.29, 0.717) is 3.63 Å². The molecule has 0 N–H and O–H groups in total. The normalized spacial score (nSPS) is 14.9. The van der Waals surface area contributed by atoms with Gasteiger partial charge in [-0.2, -0.15) is 0 Å². The van der Waals surface area contributed by atoms with Crippen molar-refractivity contribution in [2.24, 2.45) is 0 Å². The molecule has 0 aliphatic heterocycles. The molecule has 0 saturated carbocycles. The minimum atomic E-state index is -2.51. The fraction of sp³-hybridized carbons (Fsp3) is 0.439. The molecule has 2 aliphatic carbocycles. The predicted molar refractivity (Wildman–Crippen MR) is 187 cm³/mol. The van der Waals surface area contributed by atoms with Crippen LogP contribution >= 0.6 is 11.6 Å². The molecular weight excluding hydrogens is 690 g/mol. The smallest absolute Gasteiger partial charge is 1.00 e. The monoisotopic (exact) mass is 738 g/mol. The Hall–Kier alpha value is -1.24. The van der Waals surface area contributed by atoms with Gasteiger partial charge >= 0.3 is 277 Å². The van der Waals surface area contributed by atoms with E-state index < -0.39 is 21.3 Å². The maximum absolute atomic E-state index is 6.55. The van der Waals surface area contributed by atoms with E-state index in [-0.39, 0.29) is 46.5 Å². The molecule has 2 aliphatic rings. The minimum Gasteiger partial charge on any atom is -1.00 e. The average Bonchev–Trinajstić information content (AvgIpc) is 3.50. The number of hydrogen-bond donors (Lipinski definition) is 0. The fourth-order valence-electron chi connectivity index (χ4n) is 6.96. The number of allylic oxidation sites excluding steroid dienone is 4. The molecule has 5 rings (SSSR count). The molecule has 0 aromatic heterocycles. The molecule has 0 spiro atoms. The Balaban J connectivity index is 0.00000276. The van der Waals surface area contributed by atoms with Crippen LogP contribution < -0.4 is 24.8 Å². The summed E-state index contributed by atoms with van der Waals surface area (Å²) in [6, 6.07) is 19.0. The number of fused-ring (bicyclic) bond motifs is 3. The predicted octanol–water partition coefficient (Wildman–Crippen LogP) is 5.92. The molecule has 0 amide bonds. The van der Waals surface area contributed by atoms with Gasteiger partial charge in [-0.3, -0.25) is 0 Å². The average molecular weight is 741 g/mol. The first kappa shape index (κ1) is 38.2. The molecule has 0 heterocycles. The van der Waals surface area contributed by atoms with E-state index >= 15 is 0 Å². The zero-order valence-electron chi connectivity index (χ0n) is 29.3. The summed E-state index contributed by atoms with van der Waals surface area (Å²) in [5.74, 6) is 0. The Morgan fingerprint density at radius 2 is 1.09 bits per heavy atom. The summed E-state index contributed by atoms with van der Waals surface area (Å²) in [4.78, 5) is 0. The number of hydrogen-bond acceptors (Lipinski definition) is 0. The van der Waals surface area contributed by atoms with Gasteiger partial charge in [-0.15, -0.1) is 0 Å². The molecule has 4 heteroatoms. The van der Waals surface area contributed by atoms with Crippen LogP contribution in [0.2, 0.25) is 5.02 Å². The van der Waals surface area contributed by atoms with E-state index in [4.69, 9.17) is 11.6 Å². The first-order valence-electron chi connectivity index (χ1n) is 16.0. The Morgan fingerprint density at radius 3 is 1.47 bits per heavy atom. The summed E-state index contributed by atoms with van der Waals surface area (Å²) in [5.41, 5.74) is 13.5. The summed E-state index contributed by atoms with van der Waals surface area (Å²) in [5, 5.41) is 0.817.